The van der Waals surface area contributed by atoms with Crippen molar-refractivity contribution in [2.45, 2.75) is 18.3 Å². The molecule has 1 aliphatic heterocycles. The molecular formula is C14H10F3NO2S. The summed E-state index contributed by atoms with van der Waals surface area (Å²) in [6.45, 7) is 0. The molecule has 3 nitrogen and oxygen atoms in total. The topological polar surface area (TPSA) is 50.2 Å². The Hall–Kier alpha value is -1.76. The van der Waals surface area contributed by atoms with E-state index in [9.17, 15) is 23.1 Å². The number of aromatic nitrogens is 1. The molecule has 2 heterocycles. The fraction of sp³-hybridized carbons (Fsp3) is 0.286. The molecule has 0 spiro atoms. The molecular weight excluding hydrogens is 303 g/mol. The molecule has 0 saturated heterocycles. The van der Waals surface area contributed by atoms with Crippen LogP contribution in [0.25, 0.3) is 10.9 Å². The predicted octanol–water partition coefficient (Wildman–Crippen LogP) is 3.74. The lowest BCUT2D eigenvalue weighted by Crippen LogP contribution is -2.14. The van der Waals surface area contributed by atoms with Gasteiger partial charge in [-0.25, -0.2) is 4.79 Å². The standard InChI is InChI=1S/C14H10F3NO2S/c15-14(16,17)7-1-2-10-8(5-7)12(13(19)20)9-6-21-4-3-11(9)18-10/h1-2,5H,3-4,6H2,(H,19,20). The lowest BCUT2D eigenvalue weighted by atomic mass is 9.98. The van der Waals surface area contributed by atoms with Gasteiger partial charge in [0.05, 0.1) is 16.6 Å². The summed E-state index contributed by atoms with van der Waals surface area (Å²) >= 11 is 1.56. The Bertz CT molecular complexity index is 743. The van der Waals surface area contributed by atoms with Crippen molar-refractivity contribution in [3.63, 3.8) is 0 Å². The number of carboxylic acid groups (broad SMARTS) is 1. The van der Waals surface area contributed by atoms with Crippen LogP contribution in [0, 0.1) is 0 Å². The van der Waals surface area contributed by atoms with Crippen LogP contribution in [0.2, 0.25) is 0 Å². The van der Waals surface area contributed by atoms with Gasteiger partial charge in [-0.3, -0.25) is 4.98 Å². The van der Waals surface area contributed by atoms with Crippen molar-refractivity contribution in [3.8, 4) is 0 Å². The second kappa shape index (κ2) is 4.91. The number of benzene rings is 1. The quantitative estimate of drug-likeness (QED) is 0.871. The van der Waals surface area contributed by atoms with Gasteiger partial charge in [0.2, 0.25) is 0 Å². The summed E-state index contributed by atoms with van der Waals surface area (Å²) in [6.07, 6.45) is -3.87. The van der Waals surface area contributed by atoms with E-state index in [-0.39, 0.29) is 10.9 Å². The number of carboxylic acids is 1. The van der Waals surface area contributed by atoms with Crippen LogP contribution in [0.15, 0.2) is 18.2 Å². The average molecular weight is 313 g/mol. The molecule has 0 saturated carbocycles. The van der Waals surface area contributed by atoms with E-state index in [2.05, 4.69) is 4.98 Å². The molecule has 1 aromatic carbocycles. The van der Waals surface area contributed by atoms with E-state index in [4.69, 9.17) is 0 Å². The lowest BCUT2D eigenvalue weighted by Gasteiger charge is -2.19. The van der Waals surface area contributed by atoms with E-state index >= 15 is 0 Å². The van der Waals surface area contributed by atoms with Crippen LogP contribution in [0.3, 0.4) is 0 Å². The number of aromatic carboxylic acids is 1. The molecule has 7 heteroatoms. The van der Waals surface area contributed by atoms with Crippen LogP contribution in [0.1, 0.15) is 27.2 Å². The highest BCUT2D eigenvalue weighted by atomic mass is 32.2. The summed E-state index contributed by atoms with van der Waals surface area (Å²) in [4.78, 5) is 15.9. The van der Waals surface area contributed by atoms with Gasteiger partial charge in [-0.05, 0) is 35.9 Å². The molecule has 0 fully saturated rings. The highest BCUT2D eigenvalue weighted by molar-refractivity contribution is 7.98. The third kappa shape index (κ3) is 2.46. The number of nitrogens with zero attached hydrogens (tertiary/aromatic N) is 1. The Labute approximate surface area is 122 Å². The zero-order valence-corrected chi connectivity index (χ0v) is 11.5. The largest absolute Gasteiger partial charge is 0.478 e. The van der Waals surface area contributed by atoms with E-state index in [1.807, 2.05) is 0 Å². The first-order valence-corrected chi connectivity index (χ1v) is 7.37. The molecule has 110 valence electrons. The van der Waals surface area contributed by atoms with Crippen molar-refractivity contribution in [1.29, 1.82) is 0 Å². The summed E-state index contributed by atoms with van der Waals surface area (Å²) in [5, 5.41) is 9.47. The summed E-state index contributed by atoms with van der Waals surface area (Å²) in [5.74, 6) is 0.0990. The Morgan fingerprint density at radius 1 is 1.33 bits per heavy atom. The van der Waals surface area contributed by atoms with Gasteiger partial charge in [-0.15, -0.1) is 0 Å². The summed E-state index contributed by atoms with van der Waals surface area (Å²) in [7, 11) is 0. The SMILES string of the molecule is O=C(O)c1c2c(nc3ccc(C(F)(F)F)cc13)CCSC2. The minimum absolute atomic E-state index is 0.0479. The van der Waals surface area contributed by atoms with Gasteiger partial charge in [-0.2, -0.15) is 24.9 Å². The van der Waals surface area contributed by atoms with Gasteiger partial charge in [-0.1, -0.05) is 0 Å². The van der Waals surface area contributed by atoms with Crippen LogP contribution in [0.5, 0.6) is 0 Å². The highest BCUT2D eigenvalue weighted by Gasteiger charge is 2.32. The molecule has 0 aliphatic carbocycles. The second-order valence-corrected chi connectivity index (χ2v) is 5.85. The van der Waals surface area contributed by atoms with E-state index in [0.29, 0.717) is 28.9 Å². The van der Waals surface area contributed by atoms with Crippen molar-refractivity contribution in [1.82, 2.24) is 4.98 Å². The van der Waals surface area contributed by atoms with Crippen molar-refractivity contribution < 1.29 is 23.1 Å². The number of rotatable bonds is 1. The summed E-state index contributed by atoms with van der Waals surface area (Å²) < 4.78 is 38.4. The predicted molar refractivity (Wildman–Crippen MR) is 73.6 cm³/mol. The van der Waals surface area contributed by atoms with Crippen LogP contribution >= 0.6 is 11.8 Å². The van der Waals surface area contributed by atoms with Crippen molar-refractivity contribution in [3.05, 3.63) is 40.6 Å². The molecule has 3 rings (SSSR count). The Balaban J connectivity index is 2.35. The first-order chi connectivity index (χ1) is 9.88. The van der Waals surface area contributed by atoms with Crippen molar-refractivity contribution in [2.75, 3.05) is 5.75 Å². The molecule has 0 atom stereocenters. The Morgan fingerprint density at radius 2 is 2.10 bits per heavy atom. The van der Waals surface area contributed by atoms with Gasteiger partial charge in [0.25, 0.3) is 0 Å². The van der Waals surface area contributed by atoms with Gasteiger partial charge >= 0.3 is 12.1 Å². The Kier molecular flexibility index (Phi) is 3.32. The number of aryl methyl sites for hydroxylation is 1. The third-order valence-corrected chi connectivity index (χ3v) is 4.43. The average Bonchev–Trinajstić information content (AvgIpc) is 2.42. The number of carbonyl (C=O) groups is 1. The molecule has 2 aromatic rings. The van der Waals surface area contributed by atoms with E-state index in [1.165, 1.54) is 6.07 Å². The second-order valence-electron chi connectivity index (χ2n) is 4.75. The number of fused-ring (bicyclic) bond motifs is 2. The van der Waals surface area contributed by atoms with Crippen LogP contribution in [-0.4, -0.2) is 21.8 Å². The van der Waals surface area contributed by atoms with Crippen LogP contribution < -0.4 is 0 Å². The van der Waals surface area contributed by atoms with Gasteiger partial charge in [0.15, 0.2) is 0 Å². The number of halogens is 3. The zero-order chi connectivity index (χ0) is 15.2. The summed E-state index contributed by atoms with van der Waals surface area (Å²) in [6, 6.07) is 3.06. The number of thioether (sulfide) groups is 1. The smallest absolute Gasteiger partial charge is 0.416 e. The number of hydrogen-bond donors (Lipinski definition) is 1. The monoisotopic (exact) mass is 313 g/mol. The molecule has 0 radical (unpaired) electrons. The molecule has 0 unspecified atom stereocenters. The number of alkyl halides is 3. The molecule has 1 aliphatic rings. The van der Waals surface area contributed by atoms with Crippen molar-refractivity contribution in [2.24, 2.45) is 0 Å². The first-order valence-electron chi connectivity index (χ1n) is 6.21. The van der Waals surface area contributed by atoms with E-state index in [0.717, 1.165) is 17.9 Å². The first kappa shape index (κ1) is 14.2. The Morgan fingerprint density at radius 3 is 2.76 bits per heavy atom. The number of hydrogen-bond acceptors (Lipinski definition) is 3. The summed E-state index contributed by atoms with van der Waals surface area (Å²) in [5.41, 5.74) is 0.617. The maximum absolute atomic E-state index is 12.8. The minimum atomic E-state index is -4.51. The van der Waals surface area contributed by atoms with Gasteiger partial charge in [0.1, 0.15) is 0 Å². The van der Waals surface area contributed by atoms with Crippen molar-refractivity contribution >= 4 is 28.6 Å². The molecule has 0 amide bonds. The third-order valence-electron chi connectivity index (χ3n) is 3.44. The molecule has 1 N–H and O–H groups in total. The molecule has 0 bridgehead atoms. The molecule has 1 aromatic heterocycles. The number of pyridine rings is 1. The van der Waals surface area contributed by atoms with E-state index < -0.39 is 17.7 Å². The fourth-order valence-electron chi connectivity index (χ4n) is 2.48. The molecule has 21 heavy (non-hydrogen) atoms. The lowest BCUT2D eigenvalue weighted by molar-refractivity contribution is -0.137. The minimum Gasteiger partial charge on any atom is -0.478 e. The normalized spacial score (nSPS) is 15.0. The highest BCUT2D eigenvalue weighted by Crippen LogP contribution is 2.35. The van der Waals surface area contributed by atoms with Gasteiger partial charge in [0, 0.05) is 16.8 Å². The fourth-order valence-corrected chi connectivity index (χ4v) is 3.48. The van der Waals surface area contributed by atoms with Crippen LogP contribution in [-0.2, 0) is 18.3 Å². The maximum atomic E-state index is 12.8. The van der Waals surface area contributed by atoms with E-state index in [1.54, 1.807) is 11.8 Å². The van der Waals surface area contributed by atoms with Crippen LogP contribution in [0.4, 0.5) is 13.2 Å². The zero-order valence-electron chi connectivity index (χ0n) is 10.7. The van der Waals surface area contributed by atoms with Gasteiger partial charge < -0.3 is 5.11 Å². The maximum Gasteiger partial charge on any atom is 0.416 e.